The van der Waals surface area contributed by atoms with Gasteiger partial charge in [0, 0.05) is 17.7 Å². The van der Waals surface area contributed by atoms with Crippen LogP contribution < -0.4 is 0 Å². The van der Waals surface area contributed by atoms with Crippen molar-refractivity contribution in [3.05, 3.63) is 74.9 Å². The van der Waals surface area contributed by atoms with Gasteiger partial charge in [-0.1, -0.05) is 17.3 Å². The maximum Gasteiger partial charge on any atom is 0.339 e. The molecule has 10 nitrogen and oxygen atoms in total. The number of nitro groups is 1. The van der Waals surface area contributed by atoms with Gasteiger partial charge in [0.15, 0.2) is 6.10 Å². The zero-order valence-corrected chi connectivity index (χ0v) is 17.3. The van der Waals surface area contributed by atoms with Gasteiger partial charge in [0.05, 0.1) is 22.7 Å². The summed E-state index contributed by atoms with van der Waals surface area (Å²) in [5.74, 6) is -2.17. The first-order chi connectivity index (χ1) is 15.2. The average molecular weight is 443 g/mol. The zero-order valence-electron chi connectivity index (χ0n) is 17.3. The van der Waals surface area contributed by atoms with Crippen LogP contribution in [0.3, 0.4) is 0 Å². The number of hydrogen-bond donors (Lipinski definition) is 0. The summed E-state index contributed by atoms with van der Waals surface area (Å²) in [6.07, 6.45) is -1.02. The van der Waals surface area contributed by atoms with Gasteiger partial charge in [0.2, 0.25) is 5.82 Å². The summed E-state index contributed by atoms with van der Waals surface area (Å²) in [5.41, 5.74) is -0.0356. The van der Waals surface area contributed by atoms with Gasteiger partial charge in [-0.3, -0.25) is 10.1 Å². The molecule has 1 atom stereocenters. The number of rotatable bonds is 7. The predicted molar refractivity (Wildman–Crippen MR) is 107 cm³/mol. The Morgan fingerprint density at radius 3 is 2.50 bits per heavy atom. The van der Waals surface area contributed by atoms with E-state index in [-0.39, 0.29) is 29.4 Å². The fraction of sp³-hybridized carbons (Fsp3) is 0.238. The molecule has 0 aliphatic rings. The molecule has 0 amide bonds. The van der Waals surface area contributed by atoms with E-state index in [2.05, 4.69) is 10.1 Å². The second-order valence-corrected chi connectivity index (χ2v) is 6.71. The number of hydrogen-bond acceptors (Lipinski definition) is 9. The lowest BCUT2D eigenvalue weighted by Gasteiger charge is -2.10. The normalized spacial score (nSPS) is 11.6. The first-order valence-electron chi connectivity index (χ1n) is 9.47. The van der Waals surface area contributed by atoms with Crippen molar-refractivity contribution in [3.8, 4) is 11.4 Å². The molecule has 2 aromatic carbocycles. The number of benzene rings is 2. The van der Waals surface area contributed by atoms with E-state index in [0.29, 0.717) is 11.1 Å². The van der Waals surface area contributed by atoms with Crippen molar-refractivity contribution >= 4 is 17.6 Å². The molecule has 1 aromatic heterocycles. The van der Waals surface area contributed by atoms with Crippen LogP contribution in [0, 0.1) is 22.9 Å². The third-order valence-electron chi connectivity index (χ3n) is 4.38. The van der Waals surface area contributed by atoms with Crippen LogP contribution in [0.1, 0.15) is 52.1 Å². The molecule has 0 aliphatic heterocycles. The van der Waals surface area contributed by atoms with Gasteiger partial charge < -0.3 is 14.0 Å². The molecule has 32 heavy (non-hydrogen) atoms. The van der Waals surface area contributed by atoms with E-state index in [9.17, 15) is 24.1 Å². The molecule has 1 unspecified atom stereocenters. The molecule has 0 saturated heterocycles. The number of esters is 2. The Kier molecular flexibility index (Phi) is 6.57. The van der Waals surface area contributed by atoms with Gasteiger partial charge in [-0.05, 0) is 38.5 Å². The molecule has 0 radical (unpaired) electrons. The minimum absolute atomic E-state index is 0.0583. The highest BCUT2D eigenvalue weighted by Gasteiger charge is 2.24. The second-order valence-electron chi connectivity index (χ2n) is 6.71. The van der Waals surface area contributed by atoms with Crippen LogP contribution in [0.2, 0.25) is 0 Å². The van der Waals surface area contributed by atoms with Crippen LogP contribution in [0.4, 0.5) is 10.1 Å². The number of carbonyl (C=O) groups is 2. The number of halogens is 1. The Bertz CT molecular complexity index is 1190. The molecule has 3 rings (SSSR count). The van der Waals surface area contributed by atoms with Gasteiger partial charge in [-0.25, -0.2) is 14.0 Å². The molecular formula is C21H18FN3O7. The van der Waals surface area contributed by atoms with Crippen molar-refractivity contribution in [2.45, 2.75) is 26.9 Å². The molecule has 0 aliphatic carbocycles. The summed E-state index contributed by atoms with van der Waals surface area (Å²) in [4.78, 5) is 39.1. The monoisotopic (exact) mass is 443 g/mol. The minimum Gasteiger partial charge on any atom is -0.462 e. The summed E-state index contributed by atoms with van der Waals surface area (Å²) in [6, 6.07) is 7.54. The molecule has 1 heterocycles. The first kappa shape index (κ1) is 22.5. The topological polar surface area (TPSA) is 135 Å². The Hall–Kier alpha value is -4.15. The maximum atomic E-state index is 13.8. The van der Waals surface area contributed by atoms with Gasteiger partial charge in [0.1, 0.15) is 5.82 Å². The number of aryl methyl sites for hydroxylation is 1. The van der Waals surface area contributed by atoms with Gasteiger partial charge in [-0.2, -0.15) is 4.98 Å². The van der Waals surface area contributed by atoms with E-state index in [0.717, 1.165) is 18.2 Å². The fourth-order valence-electron chi connectivity index (χ4n) is 2.70. The Balaban J connectivity index is 1.81. The quantitative estimate of drug-likeness (QED) is 0.299. The van der Waals surface area contributed by atoms with Gasteiger partial charge >= 0.3 is 11.9 Å². The second kappa shape index (κ2) is 9.33. The van der Waals surface area contributed by atoms with Crippen LogP contribution in [-0.2, 0) is 9.47 Å². The highest BCUT2D eigenvalue weighted by Crippen LogP contribution is 2.24. The summed E-state index contributed by atoms with van der Waals surface area (Å²) >= 11 is 0. The van der Waals surface area contributed by atoms with Crippen LogP contribution in [0.25, 0.3) is 11.4 Å². The van der Waals surface area contributed by atoms with Crippen molar-refractivity contribution < 1.29 is 32.9 Å². The Labute approximate surface area is 181 Å². The summed E-state index contributed by atoms with van der Waals surface area (Å²) in [5, 5.41) is 14.9. The van der Waals surface area contributed by atoms with Crippen molar-refractivity contribution in [1.29, 1.82) is 0 Å². The largest absolute Gasteiger partial charge is 0.462 e. The fourth-order valence-corrected chi connectivity index (χ4v) is 2.70. The SMILES string of the molecule is CCOC(=O)c1cc(C(=O)OC(C)c2nc(-c3ccc(C)c(F)c3)no2)cc([N+](=O)[O-])c1. The Morgan fingerprint density at radius 2 is 1.88 bits per heavy atom. The molecule has 0 saturated carbocycles. The summed E-state index contributed by atoms with van der Waals surface area (Å²) < 4.78 is 29.0. The molecule has 0 spiro atoms. The number of nitrogens with zero attached hydrogens (tertiary/aromatic N) is 3. The average Bonchev–Trinajstić information content (AvgIpc) is 3.26. The lowest BCUT2D eigenvalue weighted by molar-refractivity contribution is -0.384. The summed E-state index contributed by atoms with van der Waals surface area (Å²) in [7, 11) is 0. The first-order valence-corrected chi connectivity index (χ1v) is 9.47. The van der Waals surface area contributed by atoms with E-state index < -0.39 is 34.5 Å². The standard InChI is InChI=1S/C21H18FN3O7/c1-4-30-20(26)14-7-15(9-16(8-14)25(28)29)21(27)31-12(3)19-23-18(24-32-19)13-6-5-11(2)17(22)10-13/h5-10,12H,4H2,1-3H3. The smallest absolute Gasteiger partial charge is 0.339 e. The third kappa shape index (κ3) is 4.94. The lowest BCUT2D eigenvalue weighted by Crippen LogP contribution is -2.12. The van der Waals surface area contributed by atoms with Crippen LogP contribution in [-0.4, -0.2) is 33.6 Å². The van der Waals surface area contributed by atoms with Crippen LogP contribution in [0.15, 0.2) is 40.9 Å². The molecule has 0 fully saturated rings. The van der Waals surface area contributed by atoms with Crippen LogP contribution in [0.5, 0.6) is 0 Å². The third-order valence-corrected chi connectivity index (χ3v) is 4.38. The molecule has 0 N–H and O–H groups in total. The van der Waals surface area contributed by atoms with Crippen LogP contribution >= 0.6 is 0 Å². The number of carbonyl (C=O) groups excluding carboxylic acids is 2. The van der Waals surface area contributed by atoms with Crippen molar-refractivity contribution in [2.75, 3.05) is 6.61 Å². The van der Waals surface area contributed by atoms with Crippen molar-refractivity contribution in [3.63, 3.8) is 0 Å². The molecule has 166 valence electrons. The number of nitro benzene ring substituents is 1. The number of non-ortho nitro benzene ring substituents is 1. The molecule has 3 aromatic rings. The van der Waals surface area contributed by atoms with Crippen molar-refractivity contribution in [1.82, 2.24) is 10.1 Å². The van der Waals surface area contributed by atoms with E-state index in [1.54, 1.807) is 26.0 Å². The highest BCUT2D eigenvalue weighted by molar-refractivity contribution is 5.96. The van der Waals surface area contributed by atoms with E-state index >= 15 is 0 Å². The number of ether oxygens (including phenoxy) is 2. The van der Waals surface area contributed by atoms with Crippen molar-refractivity contribution in [2.24, 2.45) is 0 Å². The Morgan fingerprint density at radius 1 is 1.19 bits per heavy atom. The molecule has 11 heteroatoms. The van der Waals surface area contributed by atoms with E-state index in [4.69, 9.17) is 14.0 Å². The van der Waals surface area contributed by atoms with Gasteiger partial charge in [-0.15, -0.1) is 0 Å². The number of aromatic nitrogens is 2. The van der Waals surface area contributed by atoms with E-state index in [1.165, 1.54) is 13.0 Å². The minimum atomic E-state index is -1.02. The van der Waals surface area contributed by atoms with Gasteiger partial charge in [0.25, 0.3) is 11.6 Å². The van der Waals surface area contributed by atoms with E-state index in [1.807, 2.05) is 0 Å². The predicted octanol–water partition coefficient (Wildman–Crippen LogP) is 4.19. The lowest BCUT2D eigenvalue weighted by atomic mass is 10.1. The molecule has 0 bridgehead atoms. The highest BCUT2D eigenvalue weighted by atomic mass is 19.1. The maximum absolute atomic E-state index is 13.8. The zero-order chi connectivity index (χ0) is 23.4. The molecular weight excluding hydrogens is 425 g/mol. The summed E-state index contributed by atoms with van der Waals surface area (Å²) in [6.45, 7) is 4.70.